The Labute approximate surface area is 174 Å². The van der Waals surface area contributed by atoms with Gasteiger partial charge in [-0.2, -0.15) is 11.8 Å². The topological polar surface area (TPSA) is 47.9 Å². The van der Waals surface area contributed by atoms with E-state index in [4.69, 9.17) is 26.1 Å². The minimum absolute atomic E-state index is 0.172. The van der Waals surface area contributed by atoms with Gasteiger partial charge in [0.15, 0.2) is 11.5 Å². The predicted octanol–water partition coefficient (Wildman–Crippen LogP) is 5.28. The van der Waals surface area contributed by atoms with E-state index in [1.807, 2.05) is 48.2 Å². The first kappa shape index (κ1) is 19.3. The molecule has 0 aromatic heterocycles. The molecule has 28 heavy (non-hydrogen) atoms. The SMILES string of the molecule is O=C1CC(=NCCSCc2ccccc2Cl)C[C@@H](c2ccc3c(c2)OCO3)C1. The molecule has 1 heterocycles. The summed E-state index contributed by atoms with van der Waals surface area (Å²) in [5, 5.41) is 0.811. The molecule has 1 atom stereocenters. The lowest BCUT2D eigenvalue weighted by atomic mass is 9.82. The van der Waals surface area contributed by atoms with Crippen LogP contribution in [0.15, 0.2) is 47.5 Å². The lowest BCUT2D eigenvalue weighted by Gasteiger charge is -2.23. The van der Waals surface area contributed by atoms with E-state index in [1.165, 1.54) is 0 Å². The molecule has 2 aromatic carbocycles. The summed E-state index contributed by atoms with van der Waals surface area (Å²) >= 11 is 8.00. The van der Waals surface area contributed by atoms with Gasteiger partial charge in [0, 0.05) is 41.6 Å². The van der Waals surface area contributed by atoms with E-state index in [0.717, 1.165) is 57.8 Å². The van der Waals surface area contributed by atoms with Crippen molar-refractivity contribution in [1.82, 2.24) is 0 Å². The van der Waals surface area contributed by atoms with Crippen molar-refractivity contribution in [2.45, 2.75) is 30.9 Å². The molecule has 4 rings (SSSR count). The zero-order valence-electron chi connectivity index (χ0n) is 15.5. The van der Waals surface area contributed by atoms with Crippen molar-refractivity contribution < 1.29 is 14.3 Å². The molecule has 0 amide bonds. The highest BCUT2D eigenvalue weighted by atomic mass is 35.5. The van der Waals surface area contributed by atoms with Crippen LogP contribution in [0.1, 0.15) is 36.3 Å². The van der Waals surface area contributed by atoms with E-state index in [2.05, 4.69) is 6.07 Å². The number of rotatable bonds is 6. The van der Waals surface area contributed by atoms with Crippen LogP contribution in [0.25, 0.3) is 0 Å². The van der Waals surface area contributed by atoms with E-state index in [-0.39, 0.29) is 18.5 Å². The van der Waals surface area contributed by atoms with Gasteiger partial charge in [0.2, 0.25) is 6.79 Å². The summed E-state index contributed by atoms with van der Waals surface area (Å²) < 4.78 is 10.8. The fraction of sp³-hybridized carbons (Fsp3) is 0.364. The molecule has 0 spiro atoms. The van der Waals surface area contributed by atoms with Gasteiger partial charge in [-0.25, -0.2) is 0 Å². The molecular weight excluding hydrogens is 394 g/mol. The number of thioether (sulfide) groups is 1. The van der Waals surface area contributed by atoms with Gasteiger partial charge >= 0.3 is 0 Å². The van der Waals surface area contributed by atoms with Gasteiger partial charge in [0.25, 0.3) is 0 Å². The van der Waals surface area contributed by atoms with Crippen molar-refractivity contribution in [3.05, 3.63) is 58.6 Å². The van der Waals surface area contributed by atoms with Gasteiger partial charge < -0.3 is 9.47 Å². The molecule has 0 saturated heterocycles. The largest absolute Gasteiger partial charge is 0.454 e. The third-order valence-corrected chi connectivity index (χ3v) is 6.37. The number of ketones is 1. The average Bonchev–Trinajstić information content (AvgIpc) is 3.16. The molecule has 6 heteroatoms. The lowest BCUT2D eigenvalue weighted by molar-refractivity contribution is -0.118. The molecule has 1 saturated carbocycles. The smallest absolute Gasteiger partial charge is 0.231 e. The minimum Gasteiger partial charge on any atom is -0.454 e. The first-order valence-corrected chi connectivity index (χ1v) is 11.0. The highest BCUT2D eigenvalue weighted by Crippen LogP contribution is 2.38. The van der Waals surface area contributed by atoms with Crippen molar-refractivity contribution in [2.75, 3.05) is 19.1 Å². The third-order valence-electron chi connectivity index (χ3n) is 5.01. The summed E-state index contributed by atoms with van der Waals surface area (Å²) in [7, 11) is 0. The number of benzene rings is 2. The maximum atomic E-state index is 12.2. The van der Waals surface area contributed by atoms with Gasteiger partial charge in [-0.05, 0) is 41.7 Å². The number of halogens is 1. The summed E-state index contributed by atoms with van der Waals surface area (Å²) in [4.78, 5) is 17.0. The molecule has 2 aliphatic rings. The number of aliphatic imine (C=N–C) groups is 1. The monoisotopic (exact) mass is 415 g/mol. The van der Waals surface area contributed by atoms with E-state index >= 15 is 0 Å². The van der Waals surface area contributed by atoms with Crippen molar-refractivity contribution >= 4 is 34.9 Å². The molecule has 146 valence electrons. The Morgan fingerprint density at radius 3 is 2.86 bits per heavy atom. The number of hydrogen-bond donors (Lipinski definition) is 0. The molecule has 1 fully saturated rings. The van der Waals surface area contributed by atoms with Gasteiger partial charge in [0.1, 0.15) is 5.78 Å². The molecule has 0 N–H and O–H groups in total. The van der Waals surface area contributed by atoms with Crippen molar-refractivity contribution in [3.63, 3.8) is 0 Å². The molecule has 2 aromatic rings. The number of hydrogen-bond acceptors (Lipinski definition) is 5. The number of Topliss-reactive ketones (excluding diaryl/α,β-unsaturated/α-hetero) is 1. The van der Waals surface area contributed by atoms with E-state index in [1.54, 1.807) is 0 Å². The summed E-state index contributed by atoms with van der Waals surface area (Å²) in [6.07, 6.45) is 1.89. The zero-order chi connectivity index (χ0) is 19.3. The maximum Gasteiger partial charge on any atom is 0.231 e. The van der Waals surface area contributed by atoms with Crippen LogP contribution in [0.3, 0.4) is 0 Å². The Morgan fingerprint density at radius 2 is 1.96 bits per heavy atom. The second kappa shape index (κ2) is 9.01. The Balaban J connectivity index is 1.32. The first-order valence-electron chi connectivity index (χ1n) is 9.43. The van der Waals surface area contributed by atoms with Crippen molar-refractivity contribution in [1.29, 1.82) is 0 Å². The summed E-state index contributed by atoms with van der Waals surface area (Å²) in [5.74, 6) is 3.77. The Morgan fingerprint density at radius 1 is 1.11 bits per heavy atom. The summed E-state index contributed by atoms with van der Waals surface area (Å²) in [5.41, 5.74) is 3.29. The highest BCUT2D eigenvalue weighted by Gasteiger charge is 2.26. The van der Waals surface area contributed by atoms with Gasteiger partial charge in [-0.1, -0.05) is 35.9 Å². The van der Waals surface area contributed by atoms with Crippen molar-refractivity contribution in [3.8, 4) is 11.5 Å². The van der Waals surface area contributed by atoms with Crippen LogP contribution in [0.2, 0.25) is 5.02 Å². The van der Waals surface area contributed by atoms with Crippen LogP contribution in [0, 0.1) is 0 Å². The van der Waals surface area contributed by atoms with Crippen LogP contribution >= 0.6 is 23.4 Å². The molecule has 0 radical (unpaired) electrons. The molecule has 0 unspecified atom stereocenters. The van der Waals surface area contributed by atoms with Crippen LogP contribution in [0.5, 0.6) is 11.5 Å². The second-order valence-corrected chi connectivity index (χ2v) is 8.54. The Kier molecular flexibility index (Phi) is 6.23. The van der Waals surface area contributed by atoms with E-state index < -0.39 is 0 Å². The van der Waals surface area contributed by atoms with Gasteiger partial charge in [0.05, 0.1) is 0 Å². The molecule has 1 aliphatic carbocycles. The van der Waals surface area contributed by atoms with Crippen LogP contribution in [-0.2, 0) is 10.5 Å². The molecule has 0 bridgehead atoms. The van der Waals surface area contributed by atoms with Crippen LogP contribution in [0.4, 0.5) is 0 Å². The number of fused-ring (bicyclic) bond motifs is 1. The molecule has 4 nitrogen and oxygen atoms in total. The summed E-state index contributed by atoms with van der Waals surface area (Å²) in [6, 6.07) is 13.9. The standard InChI is InChI=1S/C22H22ClNO3S/c23-20-4-2-1-3-16(20)13-28-8-7-24-18-9-17(10-19(25)12-18)15-5-6-21-22(11-15)27-14-26-21/h1-6,11,17H,7-10,12-14H2/t17-/m1/s1. The third kappa shape index (κ3) is 4.70. The number of carbonyl (C=O) groups excluding carboxylic acids is 1. The predicted molar refractivity (Wildman–Crippen MR) is 114 cm³/mol. The van der Waals surface area contributed by atoms with Crippen LogP contribution in [-0.4, -0.2) is 30.6 Å². The summed E-state index contributed by atoms with van der Waals surface area (Å²) in [6.45, 7) is 0.993. The number of ether oxygens (including phenoxy) is 2. The van der Waals surface area contributed by atoms with Gasteiger partial charge in [-0.3, -0.25) is 9.79 Å². The van der Waals surface area contributed by atoms with E-state index in [9.17, 15) is 4.79 Å². The van der Waals surface area contributed by atoms with Crippen LogP contribution < -0.4 is 9.47 Å². The quantitative estimate of drug-likeness (QED) is 0.602. The number of nitrogens with zero attached hydrogens (tertiary/aromatic N) is 1. The average molecular weight is 416 g/mol. The molecular formula is C22H22ClNO3S. The first-order chi connectivity index (χ1) is 13.7. The highest BCUT2D eigenvalue weighted by molar-refractivity contribution is 7.98. The van der Waals surface area contributed by atoms with Gasteiger partial charge in [-0.15, -0.1) is 0 Å². The Hall–Kier alpha value is -1.98. The second-order valence-electron chi connectivity index (χ2n) is 7.03. The zero-order valence-corrected chi connectivity index (χ0v) is 17.1. The fourth-order valence-electron chi connectivity index (χ4n) is 3.59. The minimum atomic E-state index is 0.172. The fourth-order valence-corrected chi connectivity index (χ4v) is 4.71. The van der Waals surface area contributed by atoms with Crippen molar-refractivity contribution in [2.24, 2.45) is 4.99 Å². The maximum absolute atomic E-state index is 12.2. The molecule has 1 aliphatic heterocycles. The normalized spacial score (nSPS) is 20.0. The number of carbonyl (C=O) groups is 1. The van der Waals surface area contributed by atoms with E-state index in [0.29, 0.717) is 12.8 Å². The Bertz CT molecular complexity index is 899. The lowest BCUT2D eigenvalue weighted by Crippen LogP contribution is -2.22.